The van der Waals surface area contributed by atoms with Crippen LogP contribution in [-0.4, -0.2) is 41.3 Å². The van der Waals surface area contributed by atoms with Crippen molar-refractivity contribution in [3.05, 3.63) is 59.9 Å². The molecular formula is C20H18N10O. The molecule has 11 nitrogen and oxygen atoms in total. The number of aromatic nitrogens is 6. The number of hydrogen-bond donors (Lipinski definition) is 3. The predicted octanol–water partition coefficient (Wildman–Crippen LogP) is 1.47. The Hall–Kier alpha value is -4.46. The third-order valence-corrected chi connectivity index (χ3v) is 4.94. The van der Waals surface area contributed by atoms with E-state index in [0.29, 0.717) is 41.0 Å². The van der Waals surface area contributed by atoms with Crippen LogP contribution in [0.5, 0.6) is 0 Å². The molecule has 1 fully saturated rings. The average Bonchev–Trinajstić information content (AvgIpc) is 3.26. The number of benzene rings is 1. The molecule has 0 bridgehead atoms. The molecule has 154 valence electrons. The van der Waals surface area contributed by atoms with Crippen molar-refractivity contribution >= 4 is 23.1 Å². The van der Waals surface area contributed by atoms with Crippen molar-refractivity contribution in [1.82, 2.24) is 29.4 Å². The maximum absolute atomic E-state index is 11.8. The standard InChI is InChI=1S/C20H18N10O/c21-7-16-9-25-20-17(27-14-1-2-14)6-18(28-30(16)20)24-8-12-3-13(19(22)31)5-15(4-12)29-11-23-10-26-29/h3-6,9-11,14,27H,1-2,8H2,(H2,22,31)(H,24,28). The Balaban J connectivity index is 1.46. The first kappa shape index (κ1) is 18.6. The second-order valence-electron chi connectivity index (χ2n) is 7.30. The number of fused-ring (bicyclic) bond motifs is 1. The monoisotopic (exact) mass is 414 g/mol. The molecular weight excluding hydrogens is 396 g/mol. The topological polar surface area (TPSA) is 152 Å². The maximum Gasteiger partial charge on any atom is 0.248 e. The summed E-state index contributed by atoms with van der Waals surface area (Å²) in [4.78, 5) is 20.0. The number of nitrogens with one attached hydrogen (secondary N) is 2. The first-order valence-corrected chi connectivity index (χ1v) is 9.69. The molecule has 0 unspecified atom stereocenters. The molecule has 4 N–H and O–H groups in total. The SMILES string of the molecule is N#Cc1cnc2c(NC3CC3)cc(NCc3cc(C(N)=O)cc(-n4cncn4)c3)nn12. The number of primary amides is 1. The van der Waals surface area contributed by atoms with Gasteiger partial charge < -0.3 is 16.4 Å². The Bertz CT molecular complexity index is 1310. The first-order valence-electron chi connectivity index (χ1n) is 9.69. The van der Waals surface area contributed by atoms with E-state index in [1.165, 1.54) is 17.0 Å². The van der Waals surface area contributed by atoms with Crippen LogP contribution in [0.2, 0.25) is 0 Å². The fourth-order valence-corrected chi connectivity index (χ4v) is 3.27. The Morgan fingerprint density at radius 1 is 1.29 bits per heavy atom. The van der Waals surface area contributed by atoms with Crippen LogP contribution in [0.1, 0.15) is 34.5 Å². The van der Waals surface area contributed by atoms with Crippen molar-refractivity contribution in [1.29, 1.82) is 5.26 Å². The van der Waals surface area contributed by atoms with Gasteiger partial charge in [0.15, 0.2) is 11.3 Å². The smallest absolute Gasteiger partial charge is 0.248 e. The van der Waals surface area contributed by atoms with Gasteiger partial charge in [0.25, 0.3) is 0 Å². The van der Waals surface area contributed by atoms with Crippen LogP contribution in [0.15, 0.2) is 43.1 Å². The van der Waals surface area contributed by atoms with E-state index in [-0.39, 0.29) is 0 Å². The lowest BCUT2D eigenvalue weighted by Crippen LogP contribution is -2.13. The lowest BCUT2D eigenvalue weighted by atomic mass is 10.1. The largest absolute Gasteiger partial charge is 0.379 e. The van der Waals surface area contributed by atoms with Gasteiger partial charge in [0.1, 0.15) is 24.5 Å². The summed E-state index contributed by atoms with van der Waals surface area (Å²) in [6.45, 7) is 0.376. The molecule has 3 heterocycles. The highest BCUT2D eigenvalue weighted by atomic mass is 16.1. The van der Waals surface area contributed by atoms with E-state index in [4.69, 9.17) is 5.73 Å². The minimum absolute atomic E-state index is 0.349. The van der Waals surface area contributed by atoms with E-state index in [9.17, 15) is 10.1 Å². The van der Waals surface area contributed by atoms with Crippen LogP contribution in [0, 0.1) is 11.3 Å². The van der Waals surface area contributed by atoms with E-state index >= 15 is 0 Å². The molecule has 0 atom stereocenters. The van der Waals surface area contributed by atoms with Crippen molar-refractivity contribution in [3.8, 4) is 11.8 Å². The number of hydrogen-bond acceptors (Lipinski definition) is 8. The molecule has 0 saturated heterocycles. The second-order valence-corrected chi connectivity index (χ2v) is 7.30. The average molecular weight is 414 g/mol. The molecule has 4 aromatic rings. The van der Waals surface area contributed by atoms with Gasteiger partial charge >= 0.3 is 0 Å². The van der Waals surface area contributed by atoms with Gasteiger partial charge in [-0.1, -0.05) is 0 Å². The third kappa shape index (κ3) is 3.74. The Morgan fingerprint density at radius 2 is 2.16 bits per heavy atom. The zero-order chi connectivity index (χ0) is 21.4. The fourth-order valence-electron chi connectivity index (χ4n) is 3.27. The van der Waals surface area contributed by atoms with Gasteiger partial charge in [-0.2, -0.15) is 14.9 Å². The van der Waals surface area contributed by atoms with E-state index in [2.05, 4.69) is 36.9 Å². The van der Waals surface area contributed by atoms with Crippen LogP contribution < -0.4 is 16.4 Å². The highest BCUT2D eigenvalue weighted by molar-refractivity contribution is 5.93. The lowest BCUT2D eigenvalue weighted by Gasteiger charge is -2.12. The Labute approximate surface area is 176 Å². The van der Waals surface area contributed by atoms with Crippen LogP contribution in [0.3, 0.4) is 0 Å². The number of nitrogens with zero attached hydrogens (tertiary/aromatic N) is 7. The zero-order valence-corrected chi connectivity index (χ0v) is 16.4. The normalized spacial score (nSPS) is 13.1. The predicted molar refractivity (Wildman–Crippen MR) is 112 cm³/mol. The number of carbonyl (C=O) groups is 1. The highest BCUT2D eigenvalue weighted by Gasteiger charge is 2.23. The number of anilines is 2. The molecule has 1 amide bonds. The van der Waals surface area contributed by atoms with Crippen molar-refractivity contribution in [2.75, 3.05) is 10.6 Å². The first-order chi connectivity index (χ1) is 15.1. The molecule has 3 aromatic heterocycles. The molecule has 31 heavy (non-hydrogen) atoms. The van der Waals surface area contributed by atoms with Gasteiger partial charge in [0, 0.05) is 24.2 Å². The van der Waals surface area contributed by atoms with Gasteiger partial charge in [-0.25, -0.2) is 14.6 Å². The summed E-state index contributed by atoms with van der Waals surface area (Å²) in [6.07, 6.45) is 6.68. The minimum atomic E-state index is -0.532. The Kier molecular flexibility index (Phi) is 4.44. The summed E-state index contributed by atoms with van der Waals surface area (Å²) >= 11 is 0. The molecule has 1 aliphatic carbocycles. The summed E-state index contributed by atoms with van der Waals surface area (Å²) in [7, 11) is 0. The van der Waals surface area contributed by atoms with Crippen LogP contribution in [0.25, 0.3) is 11.3 Å². The van der Waals surface area contributed by atoms with Gasteiger partial charge in [0.05, 0.1) is 17.6 Å². The van der Waals surface area contributed by atoms with Gasteiger partial charge in [-0.3, -0.25) is 4.79 Å². The number of amides is 1. The molecule has 5 rings (SSSR count). The summed E-state index contributed by atoms with van der Waals surface area (Å²) in [6, 6.07) is 9.65. The molecule has 0 radical (unpaired) electrons. The molecule has 0 aliphatic heterocycles. The minimum Gasteiger partial charge on any atom is -0.379 e. The zero-order valence-electron chi connectivity index (χ0n) is 16.4. The molecule has 1 saturated carbocycles. The summed E-state index contributed by atoms with van der Waals surface area (Å²) in [5, 5.41) is 24.7. The van der Waals surface area contributed by atoms with Crippen LogP contribution in [-0.2, 0) is 6.54 Å². The lowest BCUT2D eigenvalue weighted by molar-refractivity contribution is 0.1000. The number of carbonyl (C=O) groups excluding carboxylic acids is 1. The quantitative estimate of drug-likeness (QED) is 0.411. The van der Waals surface area contributed by atoms with Gasteiger partial charge in [-0.15, -0.1) is 5.10 Å². The van der Waals surface area contributed by atoms with Crippen molar-refractivity contribution < 1.29 is 4.79 Å². The summed E-state index contributed by atoms with van der Waals surface area (Å²) in [5.41, 5.74) is 9.12. The van der Waals surface area contributed by atoms with E-state index < -0.39 is 5.91 Å². The third-order valence-electron chi connectivity index (χ3n) is 4.94. The van der Waals surface area contributed by atoms with Gasteiger partial charge in [-0.05, 0) is 36.6 Å². The second kappa shape index (κ2) is 7.42. The highest BCUT2D eigenvalue weighted by Crippen LogP contribution is 2.28. The van der Waals surface area contributed by atoms with E-state index in [1.807, 2.05) is 12.1 Å². The Morgan fingerprint density at radius 3 is 2.87 bits per heavy atom. The van der Waals surface area contributed by atoms with E-state index in [1.54, 1.807) is 23.1 Å². The number of nitrogens with two attached hydrogens (primary N) is 1. The van der Waals surface area contributed by atoms with Crippen molar-refractivity contribution in [2.24, 2.45) is 5.73 Å². The number of imidazole rings is 1. The van der Waals surface area contributed by atoms with Crippen LogP contribution in [0.4, 0.5) is 11.5 Å². The van der Waals surface area contributed by atoms with Crippen molar-refractivity contribution in [3.63, 3.8) is 0 Å². The summed E-state index contributed by atoms with van der Waals surface area (Å²) < 4.78 is 3.08. The van der Waals surface area contributed by atoms with E-state index in [0.717, 1.165) is 24.1 Å². The van der Waals surface area contributed by atoms with Crippen molar-refractivity contribution in [2.45, 2.75) is 25.4 Å². The molecule has 1 aromatic carbocycles. The summed E-state index contributed by atoms with van der Waals surface area (Å²) in [5.74, 6) is 0.0349. The molecule has 11 heteroatoms. The maximum atomic E-state index is 11.8. The van der Waals surface area contributed by atoms with Gasteiger partial charge in [0.2, 0.25) is 5.91 Å². The molecule has 1 aliphatic rings. The molecule has 0 spiro atoms. The fraction of sp³-hybridized carbons (Fsp3) is 0.200. The number of nitriles is 1. The number of rotatable bonds is 7. The van der Waals surface area contributed by atoms with Crippen LogP contribution >= 0.6 is 0 Å².